The molecule has 0 amide bonds. The van der Waals surface area contributed by atoms with Crippen LogP contribution in [-0.4, -0.2) is 18.3 Å². The van der Waals surface area contributed by atoms with Crippen LogP contribution in [-0.2, 0) is 6.42 Å². The van der Waals surface area contributed by atoms with E-state index in [-0.39, 0.29) is 11.6 Å². The van der Waals surface area contributed by atoms with Gasteiger partial charge >= 0.3 is 0 Å². The molecule has 0 spiro atoms. The minimum Gasteiger partial charge on any atom is -0.494 e. The molecule has 1 aromatic rings. The molecule has 2 rings (SSSR count). The lowest BCUT2D eigenvalue weighted by Gasteiger charge is -2.12. The maximum atomic E-state index is 13.8. The fourth-order valence-corrected chi connectivity index (χ4v) is 1.95. The van der Waals surface area contributed by atoms with Crippen molar-refractivity contribution in [1.29, 1.82) is 0 Å². The van der Waals surface area contributed by atoms with Gasteiger partial charge in [-0.05, 0) is 24.0 Å². The molecular weight excluding hydrogens is 207 g/mol. The van der Waals surface area contributed by atoms with Crippen molar-refractivity contribution in [3.8, 4) is 5.75 Å². The minimum absolute atomic E-state index is 0.246. The van der Waals surface area contributed by atoms with Gasteiger partial charge in [0.25, 0.3) is 0 Å². The lowest BCUT2D eigenvalue weighted by Crippen LogP contribution is -2.12. The first kappa shape index (κ1) is 11.4. The molecule has 1 aromatic carbocycles. The molecule has 1 aliphatic carbocycles. The summed E-state index contributed by atoms with van der Waals surface area (Å²) >= 11 is 0. The van der Waals surface area contributed by atoms with Gasteiger partial charge in [0.2, 0.25) is 0 Å². The maximum Gasteiger partial charge on any atom is 0.168 e. The van der Waals surface area contributed by atoms with Crippen molar-refractivity contribution in [2.24, 2.45) is 5.92 Å². The van der Waals surface area contributed by atoms with Crippen LogP contribution >= 0.6 is 0 Å². The van der Waals surface area contributed by atoms with Crippen LogP contribution in [0.4, 0.5) is 4.39 Å². The number of benzene rings is 1. The molecule has 1 unspecified atom stereocenters. The highest BCUT2D eigenvalue weighted by Crippen LogP contribution is 2.34. The molecule has 1 N–H and O–H groups in total. The second-order valence-electron chi connectivity index (χ2n) is 4.47. The van der Waals surface area contributed by atoms with Gasteiger partial charge in [0, 0.05) is 6.42 Å². The lowest BCUT2D eigenvalue weighted by atomic mass is 10.0. The summed E-state index contributed by atoms with van der Waals surface area (Å²) < 4.78 is 18.7. The van der Waals surface area contributed by atoms with E-state index in [0.29, 0.717) is 17.9 Å². The van der Waals surface area contributed by atoms with Crippen molar-refractivity contribution < 1.29 is 14.2 Å². The van der Waals surface area contributed by atoms with Crippen LogP contribution in [0.1, 0.15) is 24.8 Å². The van der Waals surface area contributed by atoms with E-state index in [1.54, 1.807) is 18.2 Å². The molecule has 3 heteroatoms. The summed E-state index contributed by atoms with van der Waals surface area (Å²) in [6.07, 6.45) is 3.14. The number of aliphatic hydroxyl groups is 1. The second kappa shape index (κ2) is 4.83. The molecule has 1 saturated carbocycles. The van der Waals surface area contributed by atoms with E-state index in [1.807, 2.05) is 0 Å². The first-order valence-corrected chi connectivity index (χ1v) is 5.70. The van der Waals surface area contributed by atoms with Crippen molar-refractivity contribution >= 4 is 0 Å². The van der Waals surface area contributed by atoms with Crippen molar-refractivity contribution in [2.45, 2.75) is 31.8 Å². The van der Waals surface area contributed by atoms with Gasteiger partial charge in [-0.25, -0.2) is 4.39 Å². The molecule has 2 nitrogen and oxygen atoms in total. The Bertz CT molecular complexity index is 361. The molecule has 1 atom stereocenters. The summed E-state index contributed by atoms with van der Waals surface area (Å²) in [6, 6.07) is 5.04. The smallest absolute Gasteiger partial charge is 0.168 e. The summed E-state index contributed by atoms with van der Waals surface area (Å²) in [5.74, 6) is 0.555. The predicted molar refractivity (Wildman–Crippen MR) is 60.0 cm³/mol. The monoisotopic (exact) mass is 224 g/mol. The van der Waals surface area contributed by atoms with Gasteiger partial charge in [0.05, 0.1) is 13.2 Å². The van der Waals surface area contributed by atoms with E-state index in [9.17, 15) is 9.50 Å². The van der Waals surface area contributed by atoms with E-state index in [0.717, 1.165) is 6.42 Å². The zero-order valence-electron chi connectivity index (χ0n) is 9.45. The highest BCUT2D eigenvalue weighted by Gasteiger charge is 2.25. The fourth-order valence-electron chi connectivity index (χ4n) is 1.95. The number of ether oxygens (including phenoxy) is 1. The third-order valence-electron chi connectivity index (χ3n) is 3.02. The Kier molecular flexibility index (Phi) is 3.44. The van der Waals surface area contributed by atoms with Crippen LogP contribution in [0.5, 0.6) is 5.75 Å². The van der Waals surface area contributed by atoms with E-state index < -0.39 is 6.10 Å². The van der Waals surface area contributed by atoms with Gasteiger partial charge < -0.3 is 9.84 Å². The van der Waals surface area contributed by atoms with Gasteiger partial charge in [0.1, 0.15) is 0 Å². The maximum absolute atomic E-state index is 13.8. The number of halogens is 1. The number of hydrogen-bond acceptors (Lipinski definition) is 2. The Balaban J connectivity index is 2.01. The van der Waals surface area contributed by atoms with E-state index in [4.69, 9.17) is 4.74 Å². The number of aliphatic hydroxyl groups excluding tert-OH is 1. The zero-order chi connectivity index (χ0) is 11.5. The molecule has 0 heterocycles. The van der Waals surface area contributed by atoms with Crippen LogP contribution in [0.2, 0.25) is 0 Å². The van der Waals surface area contributed by atoms with Crippen molar-refractivity contribution in [2.75, 3.05) is 7.11 Å². The standard InChI is InChI=1S/C13H17FO2/c1-16-12-4-2-3-10(13(12)14)8-11(15)7-9-5-6-9/h2-4,9,11,15H,5-8H2,1H3. The van der Waals surface area contributed by atoms with Crippen LogP contribution in [0, 0.1) is 11.7 Å². The van der Waals surface area contributed by atoms with Gasteiger partial charge in [-0.3, -0.25) is 0 Å². The quantitative estimate of drug-likeness (QED) is 0.832. The van der Waals surface area contributed by atoms with E-state index in [1.165, 1.54) is 20.0 Å². The Morgan fingerprint density at radius 2 is 2.25 bits per heavy atom. The second-order valence-corrected chi connectivity index (χ2v) is 4.47. The van der Waals surface area contributed by atoms with Crippen LogP contribution in [0.25, 0.3) is 0 Å². The Labute approximate surface area is 95.1 Å². The molecule has 0 saturated heterocycles. The third-order valence-corrected chi connectivity index (χ3v) is 3.02. The summed E-state index contributed by atoms with van der Waals surface area (Å²) in [7, 11) is 1.45. The van der Waals surface area contributed by atoms with Crippen molar-refractivity contribution in [1.82, 2.24) is 0 Å². The van der Waals surface area contributed by atoms with Crippen LogP contribution in [0.3, 0.4) is 0 Å². The first-order chi connectivity index (χ1) is 7.70. The van der Waals surface area contributed by atoms with Crippen molar-refractivity contribution in [3.05, 3.63) is 29.6 Å². The van der Waals surface area contributed by atoms with Crippen LogP contribution in [0.15, 0.2) is 18.2 Å². The molecule has 0 radical (unpaired) electrons. The normalized spacial score (nSPS) is 17.2. The molecule has 88 valence electrons. The number of hydrogen-bond donors (Lipinski definition) is 1. The molecule has 16 heavy (non-hydrogen) atoms. The largest absolute Gasteiger partial charge is 0.494 e. The highest BCUT2D eigenvalue weighted by molar-refractivity contribution is 5.31. The predicted octanol–water partition coefficient (Wildman–Crippen LogP) is 2.54. The Hall–Kier alpha value is -1.09. The summed E-state index contributed by atoms with van der Waals surface area (Å²) in [5, 5.41) is 9.79. The van der Waals surface area contributed by atoms with Gasteiger partial charge in [0.15, 0.2) is 11.6 Å². The number of rotatable bonds is 5. The Morgan fingerprint density at radius 3 is 2.88 bits per heavy atom. The van der Waals surface area contributed by atoms with Crippen LogP contribution < -0.4 is 4.74 Å². The van der Waals surface area contributed by atoms with Gasteiger partial charge in [-0.15, -0.1) is 0 Å². The molecular formula is C13H17FO2. The van der Waals surface area contributed by atoms with Gasteiger partial charge in [-0.1, -0.05) is 25.0 Å². The molecule has 1 aliphatic rings. The summed E-state index contributed by atoms with van der Waals surface area (Å²) in [4.78, 5) is 0. The first-order valence-electron chi connectivity index (χ1n) is 5.70. The summed E-state index contributed by atoms with van der Waals surface area (Å²) in [5.41, 5.74) is 0.535. The lowest BCUT2D eigenvalue weighted by molar-refractivity contribution is 0.156. The van der Waals surface area contributed by atoms with Crippen molar-refractivity contribution in [3.63, 3.8) is 0 Å². The highest BCUT2D eigenvalue weighted by atomic mass is 19.1. The summed E-state index contributed by atoms with van der Waals surface area (Å²) in [6.45, 7) is 0. The number of methoxy groups -OCH3 is 1. The van der Waals surface area contributed by atoms with Gasteiger partial charge in [-0.2, -0.15) is 0 Å². The average molecular weight is 224 g/mol. The Morgan fingerprint density at radius 1 is 1.50 bits per heavy atom. The molecule has 0 bridgehead atoms. The minimum atomic E-state index is -0.436. The molecule has 1 fully saturated rings. The SMILES string of the molecule is COc1cccc(CC(O)CC2CC2)c1F. The topological polar surface area (TPSA) is 29.5 Å². The van der Waals surface area contributed by atoms with E-state index in [2.05, 4.69) is 0 Å². The molecule has 0 aliphatic heterocycles. The third kappa shape index (κ3) is 2.73. The van der Waals surface area contributed by atoms with E-state index >= 15 is 0 Å². The average Bonchev–Trinajstić information content (AvgIpc) is 3.05. The zero-order valence-corrected chi connectivity index (χ0v) is 9.45. The fraction of sp³-hybridized carbons (Fsp3) is 0.538. The molecule has 0 aromatic heterocycles.